The van der Waals surface area contributed by atoms with Crippen molar-refractivity contribution in [2.75, 3.05) is 39.4 Å². The predicted octanol–water partition coefficient (Wildman–Crippen LogP) is 2.12. The minimum absolute atomic E-state index is 0.727. The first-order chi connectivity index (χ1) is 8.78. The fourth-order valence-corrected chi connectivity index (χ4v) is 3.21. The molecule has 2 heterocycles. The number of ether oxygens (including phenoxy) is 1. The molecule has 0 saturated carbocycles. The summed E-state index contributed by atoms with van der Waals surface area (Å²) in [6.07, 6.45) is 5.10. The number of nitrogens with zero attached hydrogens (tertiary/aromatic N) is 1. The highest BCUT2D eigenvalue weighted by molar-refractivity contribution is 4.77. The van der Waals surface area contributed by atoms with Crippen molar-refractivity contribution in [3.8, 4) is 0 Å². The van der Waals surface area contributed by atoms with Crippen molar-refractivity contribution in [3.05, 3.63) is 0 Å². The maximum atomic E-state index is 5.46. The highest BCUT2D eigenvalue weighted by Gasteiger charge is 2.21. The minimum atomic E-state index is 0.727. The van der Waals surface area contributed by atoms with Crippen LogP contribution >= 0.6 is 0 Å². The van der Waals surface area contributed by atoms with E-state index >= 15 is 0 Å². The van der Waals surface area contributed by atoms with E-state index in [1.54, 1.807) is 0 Å². The molecule has 18 heavy (non-hydrogen) atoms. The Morgan fingerprint density at radius 3 is 2.72 bits per heavy atom. The van der Waals surface area contributed by atoms with E-state index < -0.39 is 0 Å². The summed E-state index contributed by atoms with van der Waals surface area (Å²) in [5, 5.41) is 3.70. The molecule has 3 nitrogen and oxygen atoms in total. The van der Waals surface area contributed by atoms with Crippen LogP contribution in [0.1, 0.15) is 39.5 Å². The first-order valence-electron chi connectivity index (χ1n) is 7.81. The second-order valence-corrected chi connectivity index (χ2v) is 6.22. The Morgan fingerprint density at radius 1 is 1.22 bits per heavy atom. The van der Waals surface area contributed by atoms with Crippen molar-refractivity contribution in [1.29, 1.82) is 0 Å². The Morgan fingerprint density at radius 2 is 2.00 bits per heavy atom. The van der Waals surface area contributed by atoms with E-state index in [1.807, 2.05) is 0 Å². The molecular weight excluding hydrogens is 224 g/mol. The van der Waals surface area contributed by atoms with Crippen LogP contribution in [0.2, 0.25) is 0 Å². The Kier molecular flexibility index (Phi) is 5.93. The van der Waals surface area contributed by atoms with Crippen LogP contribution in [-0.2, 0) is 4.74 Å². The molecule has 0 bridgehead atoms. The summed E-state index contributed by atoms with van der Waals surface area (Å²) in [7, 11) is 0. The maximum absolute atomic E-state index is 5.46. The van der Waals surface area contributed by atoms with Crippen LogP contribution < -0.4 is 5.32 Å². The van der Waals surface area contributed by atoms with Crippen LogP contribution in [0, 0.1) is 11.8 Å². The summed E-state index contributed by atoms with van der Waals surface area (Å²) in [6, 6.07) is 0.727. The van der Waals surface area contributed by atoms with Crippen LogP contribution in [-0.4, -0.2) is 50.3 Å². The lowest BCUT2D eigenvalue weighted by atomic mass is 9.97. The molecule has 2 aliphatic heterocycles. The Hall–Kier alpha value is -0.120. The van der Waals surface area contributed by atoms with Crippen LogP contribution in [0.25, 0.3) is 0 Å². The summed E-state index contributed by atoms with van der Waals surface area (Å²) in [5.41, 5.74) is 0. The van der Waals surface area contributed by atoms with Gasteiger partial charge in [0.2, 0.25) is 0 Å². The van der Waals surface area contributed by atoms with Gasteiger partial charge in [-0.3, -0.25) is 0 Å². The summed E-state index contributed by atoms with van der Waals surface area (Å²) >= 11 is 0. The van der Waals surface area contributed by atoms with E-state index in [4.69, 9.17) is 4.74 Å². The number of hydrogen-bond acceptors (Lipinski definition) is 3. The summed E-state index contributed by atoms with van der Waals surface area (Å²) < 4.78 is 5.46. The first kappa shape index (κ1) is 14.3. The van der Waals surface area contributed by atoms with E-state index in [2.05, 4.69) is 24.1 Å². The first-order valence-corrected chi connectivity index (χ1v) is 7.81. The molecule has 0 aliphatic carbocycles. The number of nitrogens with one attached hydrogen (secondary N) is 1. The zero-order chi connectivity index (χ0) is 12.8. The quantitative estimate of drug-likeness (QED) is 0.835. The van der Waals surface area contributed by atoms with Gasteiger partial charge in [0.25, 0.3) is 0 Å². The smallest absolute Gasteiger partial charge is 0.0469 e. The molecule has 1 N–H and O–H groups in total. The van der Waals surface area contributed by atoms with Gasteiger partial charge in [-0.05, 0) is 50.6 Å². The molecule has 0 aromatic carbocycles. The molecule has 2 rings (SSSR count). The average Bonchev–Trinajstić information content (AvgIpc) is 2.37. The second kappa shape index (κ2) is 7.46. The highest BCUT2D eigenvalue weighted by atomic mass is 16.5. The van der Waals surface area contributed by atoms with Crippen LogP contribution in [0.5, 0.6) is 0 Å². The molecule has 2 fully saturated rings. The van der Waals surface area contributed by atoms with E-state index in [0.717, 1.165) is 31.1 Å². The van der Waals surface area contributed by atoms with E-state index in [9.17, 15) is 0 Å². The molecule has 0 radical (unpaired) electrons. The third-order valence-electron chi connectivity index (χ3n) is 4.47. The third kappa shape index (κ3) is 4.52. The monoisotopic (exact) mass is 254 g/mol. The van der Waals surface area contributed by atoms with E-state index in [0.29, 0.717) is 0 Å². The van der Waals surface area contributed by atoms with Crippen molar-refractivity contribution in [2.24, 2.45) is 11.8 Å². The normalized spacial score (nSPS) is 33.0. The molecule has 2 aliphatic rings. The molecule has 0 aromatic heterocycles. The lowest BCUT2D eigenvalue weighted by molar-refractivity contribution is 0.0485. The van der Waals surface area contributed by atoms with Gasteiger partial charge in [-0.25, -0.2) is 0 Å². The van der Waals surface area contributed by atoms with Crippen molar-refractivity contribution >= 4 is 0 Å². The van der Waals surface area contributed by atoms with Crippen LogP contribution in [0.4, 0.5) is 0 Å². The topological polar surface area (TPSA) is 24.5 Å². The zero-order valence-corrected chi connectivity index (χ0v) is 12.2. The molecule has 106 valence electrons. The number of hydrogen-bond donors (Lipinski definition) is 1. The summed E-state index contributed by atoms with van der Waals surface area (Å²) in [6.45, 7) is 11.6. The molecule has 2 atom stereocenters. The molecular formula is C15H30N2O. The maximum Gasteiger partial charge on any atom is 0.0469 e. The fraction of sp³-hybridized carbons (Fsp3) is 1.00. The molecule has 2 unspecified atom stereocenters. The Labute approximate surface area is 112 Å². The van der Waals surface area contributed by atoms with Crippen LogP contribution in [0.15, 0.2) is 0 Å². The number of rotatable bonds is 3. The van der Waals surface area contributed by atoms with Gasteiger partial charge in [0.1, 0.15) is 0 Å². The Balaban J connectivity index is 1.81. The largest absolute Gasteiger partial charge is 0.381 e. The summed E-state index contributed by atoms with van der Waals surface area (Å²) in [5.74, 6) is 1.65. The SMILES string of the molecule is CCC1CCN(CC2CCOCC2)CC(C)CN1. The second-order valence-electron chi connectivity index (χ2n) is 6.22. The van der Waals surface area contributed by atoms with Gasteiger partial charge in [-0.15, -0.1) is 0 Å². The molecule has 2 saturated heterocycles. The van der Waals surface area contributed by atoms with E-state index in [-0.39, 0.29) is 0 Å². The van der Waals surface area contributed by atoms with Gasteiger partial charge in [0.05, 0.1) is 0 Å². The third-order valence-corrected chi connectivity index (χ3v) is 4.47. The van der Waals surface area contributed by atoms with Crippen molar-refractivity contribution < 1.29 is 4.74 Å². The van der Waals surface area contributed by atoms with Crippen molar-refractivity contribution in [1.82, 2.24) is 10.2 Å². The fourth-order valence-electron chi connectivity index (χ4n) is 3.21. The van der Waals surface area contributed by atoms with Gasteiger partial charge in [0, 0.05) is 32.3 Å². The van der Waals surface area contributed by atoms with Gasteiger partial charge < -0.3 is 15.0 Å². The standard InChI is InChI=1S/C15H30N2O/c1-3-15-4-7-17(11-13(2)10-16-15)12-14-5-8-18-9-6-14/h13-16H,3-12H2,1-2H3. The van der Waals surface area contributed by atoms with Gasteiger partial charge in [-0.1, -0.05) is 13.8 Å². The zero-order valence-electron chi connectivity index (χ0n) is 12.2. The molecule has 0 aromatic rings. The summed E-state index contributed by atoms with van der Waals surface area (Å²) in [4.78, 5) is 2.71. The van der Waals surface area contributed by atoms with Crippen molar-refractivity contribution in [3.63, 3.8) is 0 Å². The van der Waals surface area contributed by atoms with Gasteiger partial charge >= 0.3 is 0 Å². The lowest BCUT2D eigenvalue weighted by Gasteiger charge is -2.35. The molecule has 0 spiro atoms. The minimum Gasteiger partial charge on any atom is -0.381 e. The average molecular weight is 254 g/mol. The van der Waals surface area contributed by atoms with Crippen LogP contribution in [0.3, 0.4) is 0 Å². The van der Waals surface area contributed by atoms with Gasteiger partial charge in [0.15, 0.2) is 0 Å². The van der Waals surface area contributed by atoms with E-state index in [1.165, 1.54) is 51.9 Å². The highest BCUT2D eigenvalue weighted by Crippen LogP contribution is 2.18. The predicted molar refractivity (Wildman–Crippen MR) is 75.8 cm³/mol. The van der Waals surface area contributed by atoms with Gasteiger partial charge in [-0.2, -0.15) is 0 Å². The van der Waals surface area contributed by atoms with Crippen molar-refractivity contribution in [2.45, 2.75) is 45.6 Å². The molecule has 3 heteroatoms. The molecule has 0 amide bonds. The lowest BCUT2D eigenvalue weighted by Crippen LogP contribution is -2.45. The Bertz CT molecular complexity index is 229.